The molecule has 0 aliphatic heterocycles. The zero-order chi connectivity index (χ0) is 27.8. The Labute approximate surface area is 232 Å². The number of amides is 1. The fourth-order valence-corrected chi connectivity index (χ4v) is 5.12. The molecule has 0 saturated carbocycles. The van der Waals surface area contributed by atoms with E-state index in [0.717, 1.165) is 10.6 Å². The minimum atomic E-state index is -0.683. The first-order chi connectivity index (χ1) is 19.4. The number of nitrogens with two attached hydrogens (primary N) is 1. The minimum Gasteiger partial charge on any atom is -0.381 e. The first kappa shape index (κ1) is 25.0. The fraction of sp³-hybridized carbons (Fsp3) is 0.103. The van der Waals surface area contributed by atoms with Gasteiger partial charge in [-0.3, -0.25) is 14.2 Å². The number of para-hydroxylation sites is 1. The van der Waals surface area contributed by atoms with Gasteiger partial charge in [0, 0.05) is 18.0 Å². The molecule has 4 heterocycles. The summed E-state index contributed by atoms with van der Waals surface area (Å²) in [6.45, 7) is 3.66. The van der Waals surface area contributed by atoms with Gasteiger partial charge < -0.3 is 11.1 Å². The molecule has 2 aromatic carbocycles. The third-order valence-corrected chi connectivity index (χ3v) is 7.22. The molecule has 6 rings (SSSR count). The number of nitrogens with zero attached hydrogens (tertiary/aromatic N) is 6. The summed E-state index contributed by atoms with van der Waals surface area (Å²) in [5.74, 6) is 6.20. The first-order valence-corrected chi connectivity index (χ1v) is 13.2. The molecule has 0 fully saturated rings. The van der Waals surface area contributed by atoms with E-state index < -0.39 is 11.9 Å². The molecule has 0 bridgehead atoms. The van der Waals surface area contributed by atoms with E-state index >= 15 is 0 Å². The largest absolute Gasteiger partial charge is 0.381 e. The summed E-state index contributed by atoms with van der Waals surface area (Å²) < 4.78 is 2.95. The Hall–Kier alpha value is -5.34. The van der Waals surface area contributed by atoms with E-state index in [4.69, 9.17) is 10.7 Å². The number of carbonyl (C=O) groups excluding carboxylic acids is 1. The van der Waals surface area contributed by atoms with Crippen LogP contribution >= 0.6 is 11.3 Å². The molecule has 6 aromatic rings. The molecule has 3 N–H and O–H groups in total. The second-order valence-electron chi connectivity index (χ2n) is 9.01. The number of carbonyl (C=O) groups is 1. The summed E-state index contributed by atoms with van der Waals surface area (Å²) in [4.78, 5) is 41.7. The van der Waals surface area contributed by atoms with Crippen molar-refractivity contribution in [3.8, 4) is 17.5 Å². The molecule has 0 radical (unpaired) electrons. The zero-order valence-corrected chi connectivity index (χ0v) is 22.3. The Bertz CT molecular complexity index is 2030. The minimum absolute atomic E-state index is 0.0507. The lowest BCUT2D eigenvalue weighted by molar-refractivity contribution is 0.0940. The number of nitrogens with one attached hydrogen (secondary N) is 1. The van der Waals surface area contributed by atoms with Crippen molar-refractivity contribution in [2.75, 3.05) is 5.73 Å². The van der Waals surface area contributed by atoms with Crippen LogP contribution in [0.4, 0.5) is 5.82 Å². The number of hydrogen-bond donors (Lipinski definition) is 2. The van der Waals surface area contributed by atoms with E-state index in [1.54, 1.807) is 43.0 Å². The Balaban J connectivity index is 1.48. The summed E-state index contributed by atoms with van der Waals surface area (Å²) in [5.41, 5.74) is 10.5. The lowest BCUT2D eigenvalue weighted by Gasteiger charge is -2.20. The number of aryl methyl sites for hydroxylation is 1. The molecule has 11 heteroatoms. The van der Waals surface area contributed by atoms with E-state index in [1.807, 2.05) is 43.3 Å². The third kappa shape index (κ3) is 4.36. The number of nitrogen functional groups attached to an aromatic ring is 1. The zero-order valence-electron chi connectivity index (χ0n) is 21.5. The van der Waals surface area contributed by atoms with Crippen molar-refractivity contribution in [2.45, 2.75) is 19.9 Å². The molecule has 40 heavy (non-hydrogen) atoms. The average molecular weight is 547 g/mol. The van der Waals surface area contributed by atoms with E-state index in [2.05, 4.69) is 32.2 Å². The molecule has 196 valence electrons. The van der Waals surface area contributed by atoms with Crippen LogP contribution in [0.25, 0.3) is 22.2 Å². The lowest BCUT2D eigenvalue weighted by Crippen LogP contribution is -2.33. The molecule has 0 unspecified atom stereocenters. The van der Waals surface area contributed by atoms with Crippen LogP contribution in [0.1, 0.15) is 45.3 Å². The maximum atomic E-state index is 14.1. The number of rotatable bonds is 4. The number of thiazole rings is 1. The smallest absolute Gasteiger partial charge is 0.267 e. The van der Waals surface area contributed by atoms with E-state index in [0.29, 0.717) is 33.6 Å². The number of benzene rings is 2. The van der Waals surface area contributed by atoms with Gasteiger partial charge in [0.1, 0.15) is 11.4 Å². The van der Waals surface area contributed by atoms with Gasteiger partial charge in [-0.05, 0) is 50.1 Å². The first-order valence-electron chi connectivity index (χ1n) is 12.3. The van der Waals surface area contributed by atoms with Gasteiger partial charge in [0.2, 0.25) is 0 Å². The summed E-state index contributed by atoms with van der Waals surface area (Å²) in [5, 5.41) is 7.49. The van der Waals surface area contributed by atoms with Crippen LogP contribution in [0, 0.1) is 18.8 Å². The Morgan fingerprint density at radius 2 is 1.90 bits per heavy atom. The highest BCUT2D eigenvalue weighted by molar-refractivity contribution is 7.10. The number of fused-ring (bicyclic) bond motifs is 2. The second kappa shape index (κ2) is 10.1. The van der Waals surface area contributed by atoms with Crippen molar-refractivity contribution in [2.24, 2.45) is 0 Å². The highest BCUT2D eigenvalue weighted by atomic mass is 32.1. The van der Waals surface area contributed by atoms with Crippen LogP contribution in [0.2, 0.25) is 0 Å². The standard InChI is InChI=1S/C29H22N8O2S/c1-17-22(40-16-32-17)13-12-19-8-6-11-21-23(19)29(39)37(20-9-4-3-5-10-20)26(34-21)18(2)33-28(38)24-25(30)35-36-15-7-14-31-27(24)36/h3-11,14-16,18H,1-2H3,(H2,30,35)(H,33,38)/t18-/m1/s1. The van der Waals surface area contributed by atoms with Crippen LogP contribution in [0.3, 0.4) is 0 Å². The molecule has 4 aromatic heterocycles. The van der Waals surface area contributed by atoms with Crippen LogP contribution in [-0.4, -0.2) is 35.0 Å². The Kier molecular flexibility index (Phi) is 6.30. The molecule has 0 spiro atoms. The Morgan fingerprint density at radius 3 is 2.67 bits per heavy atom. The predicted octanol–water partition coefficient (Wildman–Crippen LogP) is 3.67. The predicted molar refractivity (Wildman–Crippen MR) is 153 cm³/mol. The van der Waals surface area contributed by atoms with Crippen molar-refractivity contribution < 1.29 is 4.79 Å². The molecule has 1 amide bonds. The van der Waals surface area contributed by atoms with Gasteiger partial charge in [0.25, 0.3) is 11.5 Å². The van der Waals surface area contributed by atoms with Crippen molar-refractivity contribution in [1.82, 2.24) is 34.4 Å². The highest BCUT2D eigenvalue weighted by Gasteiger charge is 2.24. The highest BCUT2D eigenvalue weighted by Crippen LogP contribution is 2.22. The van der Waals surface area contributed by atoms with E-state index in [-0.39, 0.29) is 16.9 Å². The van der Waals surface area contributed by atoms with Gasteiger partial charge in [-0.25, -0.2) is 19.5 Å². The summed E-state index contributed by atoms with van der Waals surface area (Å²) in [6.07, 6.45) is 3.22. The normalized spacial score (nSPS) is 11.8. The SMILES string of the molecule is Cc1ncsc1C#Cc1cccc2nc([C@@H](C)NC(=O)c3c(N)nn4cccnc34)n(-c3ccccc3)c(=O)c12. The van der Waals surface area contributed by atoms with Crippen molar-refractivity contribution >= 4 is 39.6 Å². The van der Waals surface area contributed by atoms with Gasteiger partial charge >= 0.3 is 0 Å². The van der Waals surface area contributed by atoms with E-state index in [1.165, 1.54) is 20.4 Å². The van der Waals surface area contributed by atoms with Gasteiger partial charge in [0.05, 0.1) is 38.7 Å². The van der Waals surface area contributed by atoms with Gasteiger partial charge in [-0.1, -0.05) is 30.2 Å². The van der Waals surface area contributed by atoms with Crippen molar-refractivity contribution in [1.29, 1.82) is 0 Å². The quantitative estimate of drug-likeness (QED) is 0.322. The maximum Gasteiger partial charge on any atom is 0.267 e. The summed E-state index contributed by atoms with van der Waals surface area (Å²) in [6, 6.07) is 15.6. The monoisotopic (exact) mass is 546 g/mol. The topological polar surface area (TPSA) is 133 Å². The summed E-state index contributed by atoms with van der Waals surface area (Å²) >= 11 is 1.45. The molecule has 0 aliphatic rings. The van der Waals surface area contributed by atoms with Gasteiger partial charge in [0.15, 0.2) is 11.5 Å². The molecule has 0 aliphatic carbocycles. The Morgan fingerprint density at radius 1 is 1.07 bits per heavy atom. The molecule has 1 atom stereocenters. The van der Waals surface area contributed by atoms with E-state index in [9.17, 15) is 9.59 Å². The number of aromatic nitrogens is 6. The lowest BCUT2D eigenvalue weighted by atomic mass is 10.1. The molecular formula is C29H22N8O2S. The van der Waals surface area contributed by atoms with Crippen LogP contribution in [0.5, 0.6) is 0 Å². The molecule has 0 saturated heterocycles. The van der Waals surface area contributed by atoms with Crippen molar-refractivity contribution in [3.05, 3.63) is 110 Å². The average Bonchev–Trinajstić information content (AvgIpc) is 3.53. The van der Waals surface area contributed by atoms with Gasteiger partial charge in [-0.15, -0.1) is 16.4 Å². The fourth-order valence-electron chi connectivity index (χ4n) is 4.47. The second-order valence-corrected chi connectivity index (χ2v) is 9.86. The van der Waals surface area contributed by atoms with Crippen LogP contribution in [0.15, 0.2) is 77.3 Å². The molecule has 10 nitrogen and oxygen atoms in total. The maximum absolute atomic E-state index is 14.1. The third-order valence-electron chi connectivity index (χ3n) is 6.38. The van der Waals surface area contributed by atoms with Crippen molar-refractivity contribution in [3.63, 3.8) is 0 Å². The number of anilines is 1. The number of hydrogen-bond acceptors (Lipinski definition) is 8. The van der Waals surface area contributed by atoms with Gasteiger partial charge in [-0.2, -0.15) is 0 Å². The molecular weight excluding hydrogens is 524 g/mol. The summed E-state index contributed by atoms with van der Waals surface area (Å²) in [7, 11) is 0. The van der Waals surface area contributed by atoms with Crippen LogP contribution < -0.4 is 16.6 Å². The van der Waals surface area contributed by atoms with Crippen LogP contribution in [-0.2, 0) is 0 Å².